The predicted molar refractivity (Wildman–Crippen MR) is 81.5 cm³/mol. The highest BCUT2D eigenvalue weighted by Crippen LogP contribution is 2.24. The lowest BCUT2D eigenvalue weighted by Gasteiger charge is -2.23. The number of carbonyl (C=O) groups excluding carboxylic acids is 1. The molecule has 5 nitrogen and oxygen atoms in total. The lowest BCUT2D eigenvalue weighted by atomic mass is 10.2. The number of carbonyl (C=O) groups is 1. The predicted octanol–water partition coefficient (Wildman–Crippen LogP) is 2.22. The van der Waals surface area contributed by atoms with Crippen molar-refractivity contribution in [2.45, 2.75) is 38.0 Å². The first-order valence-corrected chi connectivity index (χ1v) is 8.59. The van der Waals surface area contributed by atoms with Gasteiger partial charge >= 0.3 is 0 Å². The molecule has 0 aliphatic carbocycles. The van der Waals surface area contributed by atoms with E-state index in [9.17, 15) is 13.2 Å². The Morgan fingerprint density at radius 1 is 1.25 bits per heavy atom. The summed E-state index contributed by atoms with van der Waals surface area (Å²) in [4.78, 5) is 13.8. The van der Waals surface area contributed by atoms with E-state index in [-0.39, 0.29) is 10.8 Å². The molecule has 2 N–H and O–H groups in total. The van der Waals surface area contributed by atoms with E-state index in [1.54, 1.807) is 17.9 Å². The molecule has 0 bridgehead atoms. The van der Waals surface area contributed by atoms with Crippen LogP contribution in [0.5, 0.6) is 0 Å². The van der Waals surface area contributed by atoms with Gasteiger partial charge in [0.2, 0.25) is 5.91 Å². The first-order chi connectivity index (χ1) is 9.29. The van der Waals surface area contributed by atoms with E-state index in [2.05, 4.69) is 0 Å². The largest absolute Gasteiger partial charge is 0.399 e. The smallest absolute Gasteiger partial charge is 0.226 e. The van der Waals surface area contributed by atoms with Crippen molar-refractivity contribution in [3.63, 3.8) is 0 Å². The maximum Gasteiger partial charge on any atom is 0.226 e. The fraction of sp³-hybridized carbons (Fsp3) is 0.500. The van der Waals surface area contributed by atoms with Gasteiger partial charge in [0.1, 0.15) is 0 Å². The van der Waals surface area contributed by atoms with Gasteiger partial charge in [-0.3, -0.25) is 4.79 Å². The van der Waals surface area contributed by atoms with Gasteiger partial charge in [-0.05, 0) is 24.6 Å². The molecule has 1 aromatic rings. The fourth-order valence-corrected chi connectivity index (χ4v) is 2.57. The van der Waals surface area contributed by atoms with Gasteiger partial charge in [-0.25, -0.2) is 8.42 Å². The number of rotatable bonds is 6. The van der Waals surface area contributed by atoms with Gasteiger partial charge in [-0.2, -0.15) is 0 Å². The van der Waals surface area contributed by atoms with E-state index in [4.69, 9.17) is 5.73 Å². The van der Waals surface area contributed by atoms with Crippen molar-refractivity contribution in [1.29, 1.82) is 0 Å². The molecule has 0 heterocycles. The number of unbranched alkanes of at least 4 members (excludes halogenated alkanes) is 1. The van der Waals surface area contributed by atoms with Crippen LogP contribution >= 0.6 is 0 Å². The Morgan fingerprint density at radius 3 is 2.40 bits per heavy atom. The van der Waals surface area contributed by atoms with Crippen molar-refractivity contribution in [2.75, 3.05) is 23.4 Å². The van der Waals surface area contributed by atoms with Gasteiger partial charge in [0, 0.05) is 30.6 Å². The van der Waals surface area contributed by atoms with Gasteiger partial charge in [0.25, 0.3) is 0 Å². The van der Waals surface area contributed by atoms with Crippen LogP contribution in [-0.4, -0.2) is 27.1 Å². The Labute approximate surface area is 120 Å². The number of sulfone groups is 1. The monoisotopic (exact) mass is 298 g/mol. The molecule has 0 atom stereocenters. The van der Waals surface area contributed by atoms with Crippen molar-refractivity contribution in [3.8, 4) is 0 Å². The van der Waals surface area contributed by atoms with Gasteiger partial charge in [0.15, 0.2) is 9.84 Å². The van der Waals surface area contributed by atoms with E-state index >= 15 is 0 Å². The number of nitrogens with zero attached hydrogens (tertiary/aromatic N) is 1. The van der Waals surface area contributed by atoms with Gasteiger partial charge < -0.3 is 10.6 Å². The minimum atomic E-state index is -3.35. The molecule has 1 rings (SSSR count). The molecule has 1 aromatic carbocycles. The van der Waals surface area contributed by atoms with E-state index in [0.29, 0.717) is 24.3 Å². The molecule has 0 unspecified atom stereocenters. The highest BCUT2D eigenvalue weighted by atomic mass is 32.2. The standard InChI is InChI=1S/C14H22N2O3S/c1-4-6-7-16(14(17)5-2)12-8-11(15)9-13(10-12)20(3,18)19/h8-10H,4-7,15H2,1-3H3. The highest BCUT2D eigenvalue weighted by Gasteiger charge is 2.17. The summed E-state index contributed by atoms with van der Waals surface area (Å²) in [6, 6.07) is 4.56. The van der Waals surface area contributed by atoms with Crippen molar-refractivity contribution < 1.29 is 13.2 Å². The molecule has 0 radical (unpaired) electrons. The molecule has 112 valence electrons. The van der Waals surface area contributed by atoms with Gasteiger partial charge in [-0.1, -0.05) is 20.3 Å². The second kappa shape index (κ2) is 6.74. The molecule has 0 aliphatic rings. The Morgan fingerprint density at radius 2 is 1.90 bits per heavy atom. The average molecular weight is 298 g/mol. The summed E-state index contributed by atoms with van der Waals surface area (Å²) in [5.41, 5.74) is 6.65. The quantitative estimate of drug-likeness (QED) is 0.817. The fourth-order valence-electron chi connectivity index (χ4n) is 1.88. The van der Waals surface area contributed by atoms with E-state index in [1.165, 1.54) is 12.1 Å². The van der Waals surface area contributed by atoms with Crippen LogP contribution in [0.1, 0.15) is 33.1 Å². The summed E-state index contributed by atoms with van der Waals surface area (Å²) in [7, 11) is -3.35. The molecule has 0 fully saturated rings. The third kappa shape index (κ3) is 4.23. The topological polar surface area (TPSA) is 80.5 Å². The number of nitrogen functional groups attached to an aromatic ring is 1. The number of amides is 1. The van der Waals surface area contributed by atoms with Crippen molar-refractivity contribution in [2.24, 2.45) is 0 Å². The molecule has 0 aromatic heterocycles. The molecule has 0 saturated carbocycles. The first-order valence-electron chi connectivity index (χ1n) is 6.70. The number of hydrogen-bond donors (Lipinski definition) is 1. The third-order valence-corrected chi connectivity index (χ3v) is 4.08. The van der Waals surface area contributed by atoms with Crippen LogP contribution in [-0.2, 0) is 14.6 Å². The zero-order valence-electron chi connectivity index (χ0n) is 12.2. The van der Waals surface area contributed by atoms with E-state index in [1.807, 2.05) is 6.92 Å². The summed E-state index contributed by atoms with van der Waals surface area (Å²) in [6.45, 7) is 4.39. The summed E-state index contributed by atoms with van der Waals surface area (Å²) in [5.74, 6) is -0.0384. The highest BCUT2D eigenvalue weighted by molar-refractivity contribution is 7.90. The lowest BCUT2D eigenvalue weighted by molar-refractivity contribution is -0.118. The Bertz CT molecular complexity index is 582. The number of benzene rings is 1. The number of hydrogen-bond acceptors (Lipinski definition) is 4. The number of anilines is 2. The van der Waals surface area contributed by atoms with Crippen molar-refractivity contribution in [3.05, 3.63) is 18.2 Å². The second-order valence-corrected chi connectivity index (χ2v) is 6.80. The Hall–Kier alpha value is -1.56. The molecule has 20 heavy (non-hydrogen) atoms. The van der Waals surface area contributed by atoms with Crippen LogP contribution in [0.2, 0.25) is 0 Å². The summed E-state index contributed by atoms with van der Waals surface area (Å²) < 4.78 is 23.3. The van der Waals surface area contributed by atoms with Gasteiger partial charge in [0.05, 0.1) is 4.90 Å². The molecular weight excluding hydrogens is 276 g/mol. The minimum absolute atomic E-state index is 0.0384. The lowest BCUT2D eigenvalue weighted by Crippen LogP contribution is -2.31. The molecular formula is C14H22N2O3S. The average Bonchev–Trinajstić information content (AvgIpc) is 2.37. The molecule has 6 heteroatoms. The second-order valence-electron chi connectivity index (χ2n) is 4.78. The Balaban J connectivity index is 3.26. The van der Waals surface area contributed by atoms with Crippen molar-refractivity contribution >= 4 is 27.1 Å². The van der Waals surface area contributed by atoms with Crippen LogP contribution in [0, 0.1) is 0 Å². The molecule has 1 amide bonds. The van der Waals surface area contributed by atoms with Crippen LogP contribution in [0.15, 0.2) is 23.1 Å². The molecule has 0 spiro atoms. The summed E-state index contributed by atoms with van der Waals surface area (Å²) >= 11 is 0. The zero-order valence-corrected chi connectivity index (χ0v) is 13.0. The molecule has 0 saturated heterocycles. The zero-order chi connectivity index (χ0) is 15.3. The van der Waals surface area contributed by atoms with Crippen LogP contribution < -0.4 is 10.6 Å². The van der Waals surface area contributed by atoms with Crippen LogP contribution in [0.25, 0.3) is 0 Å². The van der Waals surface area contributed by atoms with E-state index in [0.717, 1.165) is 19.1 Å². The van der Waals surface area contributed by atoms with Crippen LogP contribution in [0.4, 0.5) is 11.4 Å². The molecule has 0 aliphatic heterocycles. The van der Waals surface area contributed by atoms with Gasteiger partial charge in [-0.15, -0.1) is 0 Å². The third-order valence-electron chi connectivity index (χ3n) is 2.99. The van der Waals surface area contributed by atoms with E-state index < -0.39 is 9.84 Å². The van der Waals surface area contributed by atoms with Crippen LogP contribution in [0.3, 0.4) is 0 Å². The normalized spacial score (nSPS) is 11.3. The maximum atomic E-state index is 12.0. The number of nitrogens with two attached hydrogens (primary N) is 1. The summed E-state index contributed by atoms with van der Waals surface area (Å²) in [5, 5.41) is 0. The minimum Gasteiger partial charge on any atom is -0.399 e. The Kier molecular flexibility index (Phi) is 5.56. The van der Waals surface area contributed by atoms with Crippen molar-refractivity contribution in [1.82, 2.24) is 0 Å². The first kappa shape index (κ1) is 16.5. The summed E-state index contributed by atoms with van der Waals surface area (Å²) in [6.07, 6.45) is 3.31. The SMILES string of the molecule is CCCCN(C(=O)CC)c1cc(N)cc(S(C)(=O)=O)c1. The maximum absolute atomic E-state index is 12.0.